The molecular formula is C18H23N3O2S. The van der Waals surface area contributed by atoms with Crippen molar-refractivity contribution in [2.75, 3.05) is 13.1 Å². The van der Waals surface area contributed by atoms with Crippen LogP contribution in [0.15, 0.2) is 40.8 Å². The number of nitrogens with one attached hydrogen (secondary N) is 1. The number of phenolic OH excluding ortho intramolecular Hbond substituents is 1. The van der Waals surface area contributed by atoms with E-state index in [0.717, 1.165) is 24.2 Å². The Morgan fingerprint density at radius 1 is 1.29 bits per heavy atom. The lowest BCUT2D eigenvalue weighted by Gasteiger charge is -2.19. The number of benzene rings is 1. The minimum Gasteiger partial charge on any atom is -0.508 e. The van der Waals surface area contributed by atoms with Crippen molar-refractivity contribution in [3.05, 3.63) is 51.7 Å². The molecule has 0 aliphatic rings. The quantitative estimate of drug-likeness (QED) is 0.597. The van der Waals surface area contributed by atoms with Gasteiger partial charge in [-0.2, -0.15) is 5.10 Å². The molecule has 1 heterocycles. The number of hydrogen-bond donors (Lipinski definition) is 2. The molecule has 0 radical (unpaired) electrons. The number of thiophene rings is 1. The Morgan fingerprint density at radius 3 is 2.67 bits per heavy atom. The van der Waals surface area contributed by atoms with Crippen LogP contribution in [0, 0.1) is 0 Å². The number of carbonyl (C=O) groups is 1. The predicted molar refractivity (Wildman–Crippen MR) is 98.7 cm³/mol. The Balaban J connectivity index is 2.12. The highest BCUT2D eigenvalue weighted by Crippen LogP contribution is 2.21. The Kier molecular flexibility index (Phi) is 6.52. The fraction of sp³-hybridized carbons (Fsp3) is 0.333. The highest BCUT2D eigenvalue weighted by atomic mass is 32.1. The summed E-state index contributed by atoms with van der Waals surface area (Å²) in [4.78, 5) is 14.8. The molecule has 0 atom stereocenters. The van der Waals surface area contributed by atoms with Gasteiger partial charge in [0.1, 0.15) is 5.75 Å². The van der Waals surface area contributed by atoms with Gasteiger partial charge < -0.3 is 5.11 Å². The summed E-state index contributed by atoms with van der Waals surface area (Å²) in [6.07, 6.45) is 0. The lowest BCUT2D eigenvalue weighted by molar-refractivity contribution is 0.0959. The second-order valence-corrected chi connectivity index (χ2v) is 6.37. The molecule has 0 spiro atoms. The average molecular weight is 345 g/mol. The molecular weight excluding hydrogens is 322 g/mol. The van der Waals surface area contributed by atoms with Gasteiger partial charge in [0, 0.05) is 12.1 Å². The summed E-state index contributed by atoms with van der Waals surface area (Å²) >= 11 is 1.37. The van der Waals surface area contributed by atoms with Crippen LogP contribution >= 0.6 is 11.3 Å². The van der Waals surface area contributed by atoms with Gasteiger partial charge in [0.05, 0.1) is 10.6 Å². The lowest BCUT2D eigenvalue weighted by atomic mass is 10.1. The molecule has 0 unspecified atom stereocenters. The van der Waals surface area contributed by atoms with Gasteiger partial charge in [0.25, 0.3) is 5.91 Å². The van der Waals surface area contributed by atoms with Crippen molar-refractivity contribution in [3.8, 4) is 5.75 Å². The summed E-state index contributed by atoms with van der Waals surface area (Å²) in [5, 5.41) is 16.1. The van der Waals surface area contributed by atoms with Crippen molar-refractivity contribution in [1.82, 2.24) is 10.3 Å². The van der Waals surface area contributed by atoms with Crippen LogP contribution in [0.2, 0.25) is 0 Å². The van der Waals surface area contributed by atoms with Crippen molar-refractivity contribution >= 4 is 23.0 Å². The van der Waals surface area contributed by atoms with Gasteiger partial charge in [-0.3, -0.25) is 9.69 Å². The van der Waals surface area contributed by atoms with Crippen molar-refractivity contribution in [1.29, 1.82) is 0 Å². The Hall–Kier alpha value is -2.18. The highest BCUT2D eigenvalue weighted by molar-refractivity contribution is 7.12. The molecule has 128 valence electrons. The summed E-state index contributed by atoms with van der Waals surface area (Å²) in [5.74, 6) is 0.0626. The van der Waals surface area contributed by atoms with Crippen LogP contribution in [0.3, 0.4) is 0 Å². The molecule has 2 aromatic rings. The first-order valence-corrected chi connectivity index (χ1v) is 8.85. The second-order valence-electron chi connectivity index (χ2n) is 5.42. The maximum Gasteiger partial charge on any atom is 0.281 e. The zero-order valence-electron chi connectivity index (χ0n) is 14.2. The molecule has 0 saturated carbocycles. The van der Waals surface area contributed by atoms with Crippen LogP contribution in [0.25, 0.3) is 0 Å². The smallest absolute Gasteiger partial charge is 0.281 e. The molecule has 6 heteroatoms. The zero-order valence-corrected chi connectivity index (χ0v) is 15.1. The van der Waals surface area contributed by atoms with Crippen LogP contribution in [-0.4, -0.2) is 34.7 Å². The van der Waals surface area contributed by atoms with E-state index in [1.54, 1.807) is 18.2 Å². The van der Waals surface area contributed by atoms with Crippen molar-refractivity contribution < 1.29 is 9.90 Å². The summed E-state index contributed by atoms with van der Waals surface area (Å²) in [6, 6.07) is 8.98. The number of hydrazone groups is 1. The molecule has 1 amide bonds. The Morgan fingerprint density at radius 2 is 2.04 bits per heavy atom. The summed E-state index contributed by atoms with van der Waals surface area (Å²) < 4.78 is 0. The van der Waals surface area contributed by atoms with E-state index in [4.69, 9.17) is 0 Å². The van der Waals surface area contributed by atoms with E-state index in [9.17, 15) is 9.90 Å². The van der Waals surface area contributed by atoms with Crippen LogP contribution in [-0.2, 0) is 6.54 Å². The van der Waals surface area contributed by atoms with Gasteiger partial charge in [0.15, 0.2) is 0 Å². The molecule has 0 bridgehead atoms. The molecule has 0 aliphatic carbocycles. The van der Waals surface area contributed by atoms with E-state index in [1.807, 2.05) is 24.4 Å². The first-order valence-electron chi connectivity index (χ1n) is 7.97. The zero-order chi connectivity index (χ0) is 17.5. The summed E-state index contributed by atoms with van der Waals surface area (Å²) in [5.41, 5.74) is 5.00. The van der Waals surface area contributed by atoms with E-state index in [1.165, 1.54) is 11.3 Å². The number of amides is 1. The van der Waals surface area contributed by atoms with Crippen LogP contribution in [0.1, 0.15) is 41.6 Å². The van der Waals surface area contributed by atoms with Crippen LogP contribution in [0.4, 0.5) is 0 Å². The number of carbonyl (C=O) groups excluding carboxylic acids is 1. The Bertz CT molecular complexity index is 707. The number of hydrogen-bond acceptors (Lipinski definition) is 5. The number of aromatic hydroxyl groups is 1. The van der Waals surface area contributed by atoms with Gasteiger partial charge >= 0.3 is 0 Å². The third kappa shape index (κ3) is 4.66. The standard InChI is InChI=1S/C18H23N3O2S/c1-4-21(5-2)12-15-11-14(8-9-16(15)22)13(3)19-20-18(23)17-7-6-10-24-17/h6-11,22H,4-5,12H2,1-3H3,(H,20,23)/b19-13+. The molecule has 1 aromatic carbocycles. The normalized spacial score (nSPS) is 11.8. The van der Waals surface area contributed by atoms with Gasteiger partial charge in [-0.05, 0) is 55.2 Å². The minimum absolute atomic E-state index is 0.216. The fourth-order valence-electron chi connectivity index (χ4n) is 2.29. The van der Waals surface area contributed by atoms with E-state index in [0.29, 0.717) is 17.1 Å². The SMILES string of the molecule is CCN(CC)Cc1cc(/C(C)=N/NC(=O)c2cccs2)ccc1O. The van der Waals surface area contributed by atoms with Gasteiger partial charge in [-0.15, -0.1) is 11.3 Å². The molecule has 1 aromatic heterocycles. The third-order valence-corrected chi connectivity index (χ3v) is 4.72. The summed E-state index contributed by atoms with van der Waals surface area (Å²) in [7, 11) is 0. The van der Waals surface area contributed by atoms with Crippen LogP contribution in [0.5, 0.6) is 5.75 Å². The molecule has 0 aliphatic heterocycles. The van der Waals surface area contributed by atoms with E-state index in [2.05, 4.69) is 29.3 Å². The molecule has 5 nitrogen and oxygen atoms in total. The predicted octanol–water partition coefficient (Wildman–Crippen LogP) is 3.45. The highest BCUT2D eigenvalue weighted by Gasteiger charge is 2.09. The maximum atomic E-state index is 11.9. The number of nitrogens with zero attached hydrogens (tertiary/aromatic N) is 2. The molecule has 0 saturated heterocycles. The first kappa shape index (κ1) is 18.2. The third-order valence-electron chi connectivity index (χ3n) is 3.86. The van der Waals surface area contributed by atoms with Gasteiger partial charge in [-0.1, -0.05) is 19.9 Å². The molecule has 2 rings (SSSR count). The molecule has 0 fully saturated rings. The van der Waals surface area contributed by atoms with Gasteiger partial charge in [-0.25, -0.2) is 5.43 Å². The lowest BCUT2D eigenvalue weighted by Crippen LogP contribution is -2.22. The van der Waals surface area contributed by atoms with E-state index in [-0.39, 0.29) is 11.7 Å². The first-order chi connectivity index (χ1) is 11.5. The maximum absolute atomic E-state index is 11.9. The molecule has 2 N–H and O–H groups in total. The van der Waals surface area contributed by atoms with Gasteiger partial charge in [0.2, 0.25) is 0 Å². The average Bonchev–Trinajstić information content (AvgIpc) is 3.13. The number of phenols is 1. The largest absolute Gasteiger partial charge is 0.508 e. The Labute approximate surface area is 146 Å². The van der Waals surface area contributed by atoms with Crippen molar-refractivity contribution in [2.24, 2.45) is 5.10 Å². The van der Waals surface area contributed by atoms with E-state index < -0.39 is 0 Å². The second kappa shape index (κ2) is 8.61. The summed E-state index contributed by atoms with van der Waals surface area (Å²) in [6.45, 7) is 8.55. The van der Waals surface area contributed by atoms with Crippen LogP contribution < -0.4 is 5.43 Å². The number of rotatable bonds is 7. The minimum atomic E-state index is -0.216. The van der Waals surface area contributed by atoms with Crippen molar-refractivity contribution in [2.45, 2.75) is 27.3 Å². The molecule has 24 heavy (non-hydrogen) atoms. The van der Waals surface area contributed by atoms with Crippen molar-refractivity contribution in [3.63, 3.8) is 0 Å². The topological polar surface area (TPSA) is 64.9 Å². The van der Waals surface area contributed by atoms with E-state index >= 15 is 0 Å². The fourth-order valence-corrected chi connectivity index (χ4v) is 2.90. The monoisotopic (exact) mass is 345 g/mol.